The Morgan fingerprint density at radius 2 is 2.04 bits per heavy atom. The van der Waals surface area contributed by atoms with E-state index in [0.29, 0.717) is 28.7 Å². The molecule has 0 spiro atoms. The lowest BCUT2D eigenvalue weighted by molar-refractivity contribution is -0.119. The van der Waals surface area contributed by atoms with Crippen LogP contribution in [0.1, 0.15) is 32.6 Å². The van der Waals surface area contributed by atoms with E-state index in [-0.39, 0.29) is 5.91 Å². The third kappa shape index (κ3) is 4.07. The minimum atomic E-state index is 0.105. The summed E-state index contributed by atoms with van der Waals surface area (Å²) in [4.78, 5) is 12.4. The first kappa shape index (κ1) is 17.9. The Morgan fingerprint density at radius 3 is 2.65 bits per heavy atom. The van der Waals surface area contributed by atoms with Gasteiger partial charge in [0, 0.05) is 23.2 Å². The second kappa shape index (κ2) is 7.61. The summed E-state index contributed by atoms with van der Waals surface area (Å²) < 4.78 is 2.03. The molecular formula is C19H23ClN4OS. The molecule has 2 aliphatic rings. The molecule has 2 fully saturated rings. The van der Waals surface area contributed by atoms with Gasteiger partial charge in [-0.05, 0) is 56.6 Å². The van der Waals surface area contributed by atoms with E-state index in [2.05, 4.69) is 22.4 Å². The van der Waals surface area contributed by atoms with Gasteiger partial charge in [-0.25, -0.2) is 0 Å². The highest BCUT2D eigenvalue weighted by molar-refractivity contribution is 7.99. The Morgan fingerprint density at radius 1 is 1.31 bits per heavy atom. The normalized spacial score (nSPS) is 16.9. The second-order valence-corrected chi connectivity index (χ2v) is 8.50. The van der Waals surface area contributed by atoms with Crippen molar-refractivity contribution >= 4 is 29.3 Å². The summed E-state index contributed by atoms with van der Waals surface area (Å²) in [5, 5.41) is 13.3. The first-order valence-corrected chi connectivity index (χ1v) is 10.6. The smallest absolute Gasteiger partial charge is 0.230 e. The summed E-state index contributed by atoms with van der Waals surface area (Å²) >= 11 is 7.54. The summed E-state index contributed by atoms with van der Waals surface area (Å²) in [5.41, 5.74) is 0.936. The highest BCUT2D eigenvalue weighted by Crippen LogP contribution is 2.44. The van der Waals surface area contributed by atoms with Gasteiger partial charge in [0.2, 0.25) is 5.91 Å². The van der Waals surface area contributed by atoms with E-state index in [1.807, 2.05) is 28.8 Å². The maximum Gasteiger partial charge on any atom is 0.230 e. The van der Waals surface area contributed by atoms with Crippen LogP contribution in [0.5, 0.6) is 0 Å². The molecule has 26 heavy (non-hydrogen) atoms. The number of thioether (sulfide) groups is 1. The van der Waals surface area contributed by atoms with Crippen LogP contribution in [-0.2, 0) is 11.3 Å². The number of amides is 1. The van der Waals surface area contributed by atoms with E-state index >= 15 is 0 Å². The van der Waals surface area contributed by atoms with Crippen molar-refractivity contribution in [2.24, 2.45) is 11.8 Å². The van der Waals surface area contributed by atoms with Crippen molar-refractivity contribution in [3.8, 4) is 11.4 Å². The highest BCUT2D eigenvalue weighted by Gasteiger charge is 2.42. The lowest BCUT2D eigenvalue weighted by atomic mass is 10.1. The summed E-state index contributed by atoms with van der Waals surface area (Å²) in [6.07, 6.45) is 5.06. The van der Waals surface area contributed by atoms with Gasteiger partial charge in [0.15, 0.2) is 11.0 Å². The van der Waals surface area contributed by atoms with Crippen LogP contribution in [0, 0.1) is 11.8 Å². The predicted molar refractivity (Wildman–Crippen MR) is 104 cm³/mol. The second-order valence-electron chi connectivity index (χ2n) is 7.12. The molecule has 2 aromatic rings. The van der Waals surface area contributed by atoms with Gasteiger partial charge in [0.1, 0.15) is 0 Å². The van der Waals surface area contributed by atoms with E-state index < -0.39 is 0 Å². The number of hydrogen-bond acceptors (Lipinski definition) is 4. The molecule has 0 unspecified atom stereocenters. The number of halogens is 1. The summed E-state index contributed by atoms with van der Waals surface area (Å²) in [5.74, 6) is 2.69. The molecule has 0 radical (unpaired) electrons. The zero-order chi connectivity index (χ0) is 18.1. The predicted octanol–water partition coefficient (Wildman–Crippen LogP) is 4.02. The van der Waals surface area contributed by atoms with Crippen molar-refractivity contribution in [1.82, 2.24) is 20.1 Å². The fraction of sp³-hybridized carbons (Fsp3) is 0.526. The maximum absolute atomic E-state index is 12.4. The molecule has 1 heterocycles. The quantitative estimate of drug-likeness (QED) is 0.691. The van der Waals surface area contributed by atoms with Crippen molar-refractivity contribution in [3.63, 3.8) is 0 Å². The molecule has 2 aliphatic carbocycles. The van der Waals surface area contributed by atoms with Crippen molar-refractivity contribution in [1.29, 1.82) is 0 Å². The van der Waals surface area contributed by atoms with Crippen LogP contribution in [0.4, 0.5) is 0 Å². The Kier molecular flexibility index (Phi) is 5.23. The van der Waals surface area contributed by atoms with E-state index in [4.69, 9.17) is 11.6 Å². The minimum absolute atomic E-state index is 0.105. The maximum atomic E-state index is 12.4. The Labute approximate surface area is 162 Å². The summed E-state index contributed by atoms with van der Waals surface area (Å²) in [7, 11) is 0. The van der Waals surface area contributed by atoms with Gasteiger partial charge in [-0.2, -0.15) is 0 Å². The standard InChI is InChI=1S/C19H23ClN4OS/c1-2-24-18(14-4-3-5-15(20)10-14)22-23-19(24)26-11-16(25)21-17(12-6-7-12)13-8-9-13/h3-5,10,12-13,17H,2,6-9,11H2,1H3,(H,21,25). The van der Waals surface area contributed by atoms with Crippen molar-refractivity contribution in [3.05, 3.63) is 29.3 Å². The van der Waals surface area contributed by atoms with Gasteiger partial charge in [0.05, 0.1) is 5.75 Å². The van der Waals surface area contributed by atoms with Crippen LogP contribution in [0.2, 0.25) is 5.02 Å². The SMILES string of the molecule is CCn1c(SCC(=O)NC(C2CC2)C2CC2)nnc1-c1cccc(Cl)c1. The summed E-state index contributed by atoms with van der Waals surface area (Å²) in [6, 6.07) is 8.00. The van der Waals surface area contributed by atoms with E-state index in [0.717, 1.165) is 23.1 Å². The molecule has 1 aromatic heterocycles. The molecule has 5 nitrogen and oxygen atoms in total. The monoisotopic (exact) mass is 390 g/mol. The molecule has 1 aromatic carbocycles. The third-order valence-corrected chi connectivity index (χ3v) is 6.24. The van der Waals surface area contributed by atoms with Gasteiger partial charge in [-0.15, -0.1) is 10.2 Å². The molecule has 4 rings (SSSR count). The van der Waals surface area contributed by atoms with Crippen LogP contribution >= 0.6 is 23.4 Å². The Balaban J connectivity index is 1.41. The highest BCUT2D eigenvalue weighted by atomic mass is 35.5. The number of hydrogen-bond donors (Lipinski definition) is 1. The van der Waals surface area contributed by atoms with Gasteiger partial charge < -0.3 is 9.88 Å². The van der Waals surface area contributed by atoms with Gasteiger partial charge in [0.25, 0.3) is 0 Å². The first-order chi connectivity index (χ1) is 12.7. The molecule has 7 heteroatoms. The zero-order valence-corrected chi connectivity index (χ0v) is 16.4. The molecule has 1 amide bonds. The Hall–Kier alpha value is -1.53. The van der Waals surface area contributed by atoms with E-state index in [1.165, 1.54) is 37.4 Å². The van der Waals surface area contributed by atoms with Crippen LogP contribution < -0.4 is 5.32 Å². The number of carbonyl (C=O) groups excluding carboxylic acids is 1. The van der Waals surface area contributed by atoms with Crippen LogP contribution in [0.15, 0.2) is 29.4 Å². The largest absolute Gasteiger partial charge is 0.352 e. The van der Waals surface area contributed by atoms with E-state index in [9.17, 15) is 4.79 Å². The first-order valence-electron chi connectivity index (χ1n) is 9.27. The molecule has 0 bridgehead atoms. The number of rotatable bonds is 8. The summed E-state index contributed by atoms with van der Waals surface area (Å²) in [6.45, 7) is 2.79. The van der Waals surface area contributed by atoms with Crippen molar-refractivity contribution < 1.29 is 4.79 Å². The zero-order valence-electron chi connectivity index (χ0n) is 14.8. The molecule has 0 atom stereocenters. The third-order valence-electron chi connectivity index (χ3n) is 5.04. The molecule has 0 aliphatic heterocycles. The lowest BCUT2D eigenvalue weighted by Crippen LogP contribution is -2.39. The topological polar surface area (TPSA) is 59.8 Å². The number of benzene rings is 1. The number of carbonyl (C=O) groups is 1. The molecule has 1 N–H and O–H groups in total. The number of nitrogens with zero attached hydrogens (tertiary/aromatic N) is 3. The van der Waals surface area contributed by atoms with Gasteiger partial charge >= 0.3 is 0 Å². The average molecular weight is 391 g/mol. The molecule has 0 saturated heterocycles. The lowest BCUT2D eigenvalue weighted by Gasteiger charge is -2.17. The number of aromatic nitrogens is 3. The van der Waals surface area contributed by atoms with E-state index in [1.54, 1.807) is 0 Å². The molecule has 138 valence electrons. The Bertz CT molecular complexity index is 789. The fourth-order valence-corrected chi connectivity index (χ4v) is 4.41. The average Bonchev–Trinajstić information content (AvgIpc) is 3.55. The number of nitrogens with one attached hydrogen (secondary N) is 1. The van der Waals surface area contributed by atoms with Crippen molar-refractivity contribution in [2.45, 2.75) is 50.4 Å². The van der Waals surface area contributed by atoms with Gasteiger partial charge in [-0.1, -0.05) is 35.5 Å². The van der Waals surface area contributed by atoms with Crippen LogP contribution in [-0.4, -0.2) is 32.5 Å². The molecule has 2 saturated carbocycles. The minimum Gasteiger partial charge on any atom is -0.352 e. The van der Waals surface area contributed by atoms with Crippen molar-refractivity contribution in [2.75, 3.05) is 5.75 Å². The van der Waals surface area contributed by atoms with Gasteiger partial charge in [-0.3, -0.25) is 4.79 Å². The van der Waals surface area contributed by atoms with Crippen LogP contribution in [0.25, 0.3) is 11.4 Å². The fourth-order valence-electron chi connectivity index (χ4n) is 3.41. The molecular weight excluding hydrogens is 368 g/mol. The van der Waals surface area contributed by atoms with Crippen LogP contribution in [0.3, 0.4) is 0 Å².